The van der Waals surface area contributed by atoms with Crippen molar-refractivity contribution in [3.05, 3.63) is 34.7 Å². The third-order valence-corrected chi connectivity index (χ3v) is 12.9. The van der Waals surface area contributed by atoms with Crippen molar-refractivity contribution in [1.29, 1.82) is 0 Å². The molecule has 0 bridgehead atoms. The number of hydrogen-bond donors (Lipinski definition) is 4. The Kier molecular flexibility index (Phi) is 8.47. The zero-order chi connectivity index (χ0) is 32.4. The number of aromatic nitrogens is 3. The van der Waals surface area contributed by atoms with Crippen LogP contribution < -0.4 is 5.73 Å². The van der Waals surface area contributed by atoms with Gasteiger partial charge in [-0.1, -0.05) is 37.6 Å². The number of allylic oxidation sites excluding steroid dienone is 2. The average molecular weight is 613 g/mol. The van der Waals surface area contributed by atoms with E-state index in [0.29, 0.717) is 48.9 Å². The van der Waals surface area contributed by atoms with Crippen LogP contribution in [0.15, 0.2) is 29.0 Å². The van der Waals surface area contributed by atoms with Gasteiger partial charge in [0.15, 0.2) is 0 Å². The van der Waals surface area contributed by atoms with Crippen LogP contribution in [-0.2, 0) is 26.4 Å². The van der Waals surface area contributed by atoms with Crippen LogP contribution in [-0.4, -0.2) is 60.6 Å². The molecule has 4 fully saturated rings. The van der Waals surface area contributed by atoms with E-state index in [1.165, 1.54) is 6.92 Å². The van der Waals surface area contributed by atoms with Gasteiger partial charge in [0.1, 0.15) is 6.10 Å². The molecule has 0 saturated heterocycles. The van der Waals surface area contributed by atoms with Crippen molar-refractivity contribution in [3.8, 4) is 0 Å². The van der Waals surface area contributed by atoms with Crippen LogP contribution in [0.5, 0.6) is 0 Å². The van der Waals surface area contributed by atoms with Gasteiger partial charge in [0, 0.05) is 19.0 Å². The molecule has 244 valence electrons. The number of aliphatic hydroxyl groups excluding tert-OH is 2. The topological polar surface area (TPSA) is 161 Å². The monoisotopic (exact) mass is 612 g/mol. The minimum Gasteiger partial charge on any atom is -0.478 e. The predicted octanol–water partition coefficient (Wildman–Crippen LogP) is 4.50. The molecule has 10 nitrogen and oxygen atoms in total. The summed E-state index contributed by atoms with van der Waals surface area (Å²) in [6.07, 6.45) is 6.67. The molecule has 0 aromatic carbocycles. The third-order valence-electron chi connectivity index (χ3n) is 12.9. The number of aliphatic carboxylic acids is 1. The number of carbonyl (C=O) groups excluding carboxylic acids is 1. The largest absolute Gasteiger partial charge is 0.478 e. The summed E-state index contributed by atoms with van der Waals surface area (Å²) < 4.78 is 7.74. The van der Waals surface area contributed by atoms with Crippen molar-refractivity contribution in [3.63, 3.8) is 0 Å². The van der Waals surface area contributed by atoms with E-state index in [1.807, 2.05) is 30.8 Å². The standard InChI is InChI=1S/C34H52N4O6/c1-19(2)9-8-10-22(30(42)43)28-23-15-24(40)29-31(4)13-12-27(41)34(7,38-18-21(17-35)36-37-38)26(31)11-14-32(29,5)33(23,6)16-25(28)44-20(3)39/h9,18,23-27,29,40-41H,8,10-17,35H2,1-7H3,(H,42,43)/b28-22-/t23-,24+,25?,26+,27+,29-,31?,32?,33?,34+/m0/s1. The highest BCUT2D eigenvalue weighted by molar-refractivity contribution is 5.88. The Morgan fingerprint density at radius 1 is 1.11 bits per heavy atom. The van der Waals surface area contributed by atoms with Crippen molar-refractivity contribution in [2.45, 2.75) is 130 Å². The minimum absolute atomic E-state index is 0.0123. The second-order valence-electron chi connectivity index (χ2n) is 15.3. The number of nitrogens with zero attached hydrogens (tertiary/aromatic N) is 3. The molecule has 5 rings (SSSR count). The van der Waals surface area contributed by atoms with E-state index in [1.54, 1.807) is 0 Å². The zero-order valence-electron chi connectivity index (χ0n) is 27.5. The molecule has 10 atom stereocenters. The second-order valence-corrected chi connectivity index (χ2v) is 15.3. The van der Waals surface area contributed by atoms with Gasteiger partial charge in [-0.15, -0.1) is 5.10 Å². The van der Waals surface area contributed by atoms with Gasteiger partial charge in [0.2, 0.25) is 0 Å². The number of rotatable bonds is 7. The summed E-state index contributed by atoms with van der Waals surface area (Å²) in [7, 11) is 0. The quantitative estimate of drug-likeness (QED) is 0.197. The Morgan fingerprint density at radius 3 is 2.41 bits per heavy atom. The van der Waals surface area contributed by atoms with E-state index in [2.05, 4.69) is 38.0 Å². The lowest BCUT2D eigenvalue weighted by molar-refractivity contribution is -0.249. The molecule has 0 amide bonds. The van der Waals surface area contributed by atoms with Crippen molar-refractivity contribution >= 4 is 11.9 Å². The molecular formula is C34H52N4O6. The molecule has 4 aliphatic carbocycles. The molecule has 1 aromatic rings. The van der Waals surface area contributed by atoms with Gasteiger partial charge < -0.3 is 25.8 Å². The number of fused-ring (bicyclic) bond motifs is 5. The molecule has 0 radical (unpaired) electrons. The lowest BCUT2D eigenvalue weighted by atomic mass is 9.35. The molecule has 5 N–H and O–H groups in total. The number of carboxylic acids is 1. The van der Waals surface area contributed by atoms with Crippen molar-refractivity contribution in [2.75, 3.05) is 0 Å². The van der Waals surface area contributed by atoms with Crippen LogP contribution in [0.2, 0.25) is 0 Å². The average Bonchev–Trinajstić information content (AvgIpc) is 3.52. The summed E-state index contributed by atoms with van der Waals surface area (Å²) >= 11 is 0. The number of esters is 1. The fourth-order valence-corrected chi connectivity index (χ4v) is 10.8. The van der Waals surface area contributed by atoms with Crippen molar-refractivity contribution in [1.82, 2.24) is 15.0 Å². The molecule has 4 saturated carbocycles. The van der Waals surface area contributed by atoms with Gasteiger partial charge in [0.05, 0.1) is 29.6 Å². The van der Waals surface area contributed by atoms with Crippen LogP contribution in [0.4, 0.5) is 0 Å². The molecular weight excluding hydrogens is 560 g/mol. The maximum atomic E-state index is 12.8. The minimum atomic E-state index is -0.984. The first-order valence-corrected chi connectivity index (χ1v) is 16.3. The van der Waals surface area contributed by atoms with E-state index >= 15 is 0 Å². The van der Waals surface area contributed by atoms with Crippen LogP contribution in [0.1, 0.15) is 106 Å². The molecule has 4 unspecified atom stereocenters. The molecule has 10 heteroatoms. The molecule has 1 heterocycles. The first-order valence-electron chi connectivity index (χ1n) is 16.3. The van der Waals surface area contributed by atoms with E-state index in [4.69, 9.17) is 10.5 Å². The Hall–Kier alpha value is -2.56. The van der Waals surface area contributed by atoms with E-state index in [0.717, 1.165) is 24.8 Å². The van der Waals surface area contributed by atoms with E-state index in [-0.39, 0.29) is 35.1 Å². The number of carboxylic acid groups (broad SMARTS) is 1. The van der Waals surface area contributed by atoms with Gasteiger partial charge in [-0.25, -0.2) is 9.48 Å². The molecule has 44 heavy (non-hydrogen) atoms. The molecule has 1 aromatic heterocycles. The normalized spacial score (nSPS) is 42.5. The number of aliphatic hydroxyl groups is 2. The fraction of sp³-hybridized carbons (Fsp3) is 0.765. The summed E-state index contributed by atoms with van der Waals surface area (Å²) in [5.74, 6) is -1.75. The zero-order valence-corrected chi connectivity index (χ0v) is 27.5. The summed E-state index contributed by atoms with van der Waals surface area (Å²) in [6, 6.07) is 0. The Labute approximate surface area is 261 Å². The second kappa shape index (κ2) is 11.4. The first-order chi connectivity index (χ1) is 20.5. The summed E-state index contributed by atoms with van der Waals surface area (Å²) in [5, 5.41) is 42.9. The number of hydrogen-bond acceptors (Lipinski definition) is 8. The number of ether oxygens (including phenoxy) is 1. The SMILES string of the molecule is CC(=O)OC1CC2(C)[C@@H](C[C@@H](O)[C@H]3C4(C)CC[C@@H](O)[C@](C)(n5cc(CN)nn5)[C@@H]4CCC32C)/C1=C(\CCC=C(C)C)C(=O)O. The smallest absolute Gasteiger partial charge is 0.331 e. The summed E-state index contributed by atoms with van der Waals surface area (Å²) in [6.45, 7) is 14.5. The van der Waals surface area contributed by atoms with Gasteiger partial charge in [-0.05, 0) is 112 Å². The van der Waals surface area contributed by atoms with Crippen LogP contribution in [0.3, 0.4) is 0 Å². The number of carbonyl (C=O) groups is 2. The van der Waals surface area contributed by atoms with Crippen molar-refractivity contribution < 1.29 is 29.6 Å². The maximum Gasteiger partial charge on any atom is 0.331 e. The third kappa shape index (κ3) is 4.78. The predicted molar refractivity (Wildman–Crippen MR) is 165 cm³/mol. The van der Waals surface area contributed by atoms with E-state index in [9.17, 15) is 24.9 Å². The number of nitrogens with two attached hydrogens (primary N) is 1. The van der Waals surface area contributed by atoms with Crippen molar-refractivity contribution in [2.24, 2.45) is 39.7 Å². The lowest BCUT2D eigenvalue weighted by Crippen LogP contribution is -2.69. The lowest BCUT2D eigenvalue weighted by Gasteiger charge is -2.70. The van der Waals surface area contributed by atoms with Crippen LogP contribution in [0.25, 0.3) is 0 Å². The fourth-order valence-electron chi connectivity index (χ4n) is 10.8. The van der Waals surface area contributed by atoms with Gasteiger partial charge in [-0.2, -0.15) is 0 Å². The van der Waals surface area contributed by atoms with Gasteiger partial charge in [-0.3, -0.25) is 4.79 Å². The van der Waals surface area contributed by atoms with E-state index < -0.39 is 41.2 Å². The first kappa shape index (κ1) is 32.8. The highest BCUT2D eigenvalue weighted by Crippen LogP contribution is 2.75. The molecule has 4 aliphatic rings. The molecule has 0 spiro atoms. The highest BCUT2D eigenvalue weighted by Gasteiger charge is 2.72. The Morgan fingerprint density at radius 2 is 1.82 bits per heavy atom. The van der Waals surface area contributed by atoms with Gasteiger partial charge >= 0.3 is 11.9 Å². The maximum absolute atomic E-state index is 12.8. The Bertz CT molecular complexity index is 1370. The van der Waals surface area contributed by atoms with Crippen LogP contribution >= 0.6 is 0 Å². The Balaban J connectivity index is 1.61. The van der Waals surface area contributed by atoms with Gasteiger partial charge in [0.25, 0.3) is 0 Å². The van der Waals surface area contributed by atoms with Crippen LogP contribution in [0, 0.1) is 34.0 Å². The summed E-state index contributed by atoms with van der Waals surface area (Å²) in [5.41, 5.74) is 6.79. The molecule has 0 aliphatic heterocycles. The summed E-state index contributed by atoms with van der Waals surface area (Å²) in [4.78, 5) is 25.2. The highest BCUT2D eigenvalue weighted by atomic mass is 16.5.